The lowest BCUT2D eigenvalue weighted by Crippen LogP contribution is -2.31. The van der Waals surface area contributed by atoms with Gasteiger partial charge in [-0.15, -0.1) is 11.6 Å². The normalized spacial score (nSPS) is 19.0. The quantitative estimate of drug-likeness (QED) is 0.256. The summed E-state index contributed by atoms with van der Waals surface area (Å²) in [6, 6.07) is 12.5. The van der Waals surface area contributed by atoms with Crippen LogP contribution < -0.4 is 4.90 Å². The molecule has 1 N–H and O–H groups in total. The summed E-state index contributed by atoms with van der Waals surface area (Å²) in [5.41, 5.74) is 5.33. The Morgan fingerprint density at radius 2 is 2.06 bits per heavy atom. The first kappa shape index (κ1) is 22.4. The Morgan fingerprint density at radius 1 is 1.22 bits per heavy atom. The lowest BCUT2D eigenvalue weighted by atomic mass is 9.96. The number of carbonyl (C=O) groups excluding carboxylic acids is 1. The third-order valence-electron chi connectivity index (χ3n) is 6.20. The lowest BCUT2D eigenvalue weighted by Gasteiger charge is -2.19. The molecule has 2 aliphatic rings. The van der Waals surface area contributed by atoms with Crippen molar-refractivity contribution in [2.45, 2.75) is 32.1 Å². The zero-order valence-corrected chi connectivity index (χ0v) is 19.0. The Labute approximate surface area is 194 Å². The van der Waals surface area contributed by atoms with Gasteiger partial charge in [0.25, 0.3) is 5.91 Å². The van der Waals surface area contributed by atoms with Crippen molar-refractivity contribution in [1.82, 2.24) is 0 Å². The minimum Gasteiger partial charge on any atom is -0.475 e. The number of nitrogens with zero attached hydrogens (tertiary/aromatic N) is 1. The van der Waals surface area contributed by atoms with Crippen LogP contribution in [0.2, 0.25) is 0 Å². The molecule has 0 bridgehead atoms. The van der Waals surface area contributed by atoms with E-state index in [1.54, 1.807) is 6.08 Å². The van der Waals surface area contributed by atoms with Crippen LogP contribution in [0.15, 0.2) is 83.7 Å². The number of hydrogen-bond donors (Lipinski definition) is 1. The number of aliphatic hydroxyl groups excluding tert-OH is 1. The van der Waals surface area contributed by atoms with Crippen LogP contribution in [0.4, 0.5) is 5.69 Å². The number of hydrogen-bond acceptors (Lipinski definition) is 3. The van der Waals surface area contributed by atoms with Crippen LogP contribution in [-0.2, 0) is 9.53 Å². The maximum atomic E-state index is 13.6. The number of amides is 1. The van der Waals surface area contributed by atoms with E-state index in [2.05, 4.69) is 31.2 Å². The van der Waals surface area contributed by atoms with E-state index < -0.39 is 0 Å². The second kappa shape index (κ2) is 10.2. The summed E-state index contributed by atoms with van der Waals surface area (Å²) in [7, 11) is 0. The Kier molecular flexibility index (Phi) is 7.13. The first-order valence-corrected chi connectivity index (χ1v) is 11.5. The minimum absolute atomic E-state index is 0.0787. The number of fused-ring (bicyclic) bond motifs is 3. The van der Waals surface area contributed by atoms with Crippen molar-refractivity contribution in [1.29, 1.82) is 0 Å². The molecule has 1 aliphatic carbocycles. The molecule has 4 nitrogen and oxygen atoms in total. The summed E-state index contributed by atoms with van der Waals surface area (Å²) in [5, 5.41) is 11.0. The number of rotatable bonds is 6. The number of ether oxygens (including phenoxy) is 1. The van der Waals surface area contributed by atoms with Gasteiger partial charge in [0.1, 0.15) is 0 Å². The lowest BCUT2D eigenvalue weighted by molar-refractivity contribution is -0.115. The summed E-state index contributed by atoms with van der Waals surface area (Å²) in [5.74, 6) is 0.705. The van der Waals surface area contributed by atoms with Crippen LogP contribution in [0.3, 0.4) is 0 Å². The molecular formula is C27H28ClNO3. The van der Waals surface area contributed by atoms with Crippen LogP contribution in [0.1, 0.15) is 37.7 Å². The van der Waals surface area contributed by atoms with Crippen LogP contribution in [-0.4, -0.2) is 30.2 Å². The van der Waals surface area contributed by atoms with E-state index >= 15 is 0 Å². The van der Waals surface area contributed by atoms with E-state index in [0.717, 1.165) is 36.1 Å². The Hall–Kier alpha value is -2.82. The molecule has 1 atom stereocenters. The van der Waals surface area contributed by atoms with E-state index in [4.69, 9.17) is 21.4 Å². The van der Waals surface area contributed by atoms with E-state index in [1.165, 1.54) is 28.2 Å². The van der Waals surface area contributed by atoms with Gasteiger partial charge in [-0.05, 0) is 65.8 Å². The fraction of sp³-hybridized carbons (Fsp3) is 0.296. The second-order valence-electron chi connectivity index (χ2n) is 8.20. The van der Waals surface area contributed by atoms with Gasteiger partial charge in [-0.3, -0.25) is 4.79 Å². The number of halogens is 1. The van der Waals surface area contributed by atoms with Crippen molar-refractivity contribution < 1.29 is 14.6 Å². The molecule has 0 saturated carbocycles. The molecule has 0 spiro atoms. The standard InChI is InChI=1S/C27H28ClNO3/c1-19-15-22(10-6-9-20(19)7-4-5-14-32-18-30)27(31)29-17-23(16-28)26-24-11-3-2-8-21(24)12-13-25(26)29/h2-5,7-8,11-15,23,30H,6,9-10,16-18H2,1H3/b7-4-,14-5+/t23-/m1/s1. The zero-order valence-electron chi connectivity index (χ0n) is 18.3. The zero-order chi connectivity index (χ0) is 22.5. The summed E-state index contributed by atoms with van der Waals surface area (Å²) in [4.78, 5) is 15.5. The van der Waals surface area contributed by atoms with E-state index in [1.807, 2.05) is 35.3 Å². The van der Waals surface area contributed by atoms with Crippen molar-refractivity contribution in [2.24, 2.45) is 0 Å². The minimum atomic E-state index is -0.333. The highest BCUT2D eigenvalue weighted by atomic mass is 35.5. The summed E-state index contributed by atoms with van der Waals surface area (Å²) in [6.45, 7) is 2.34. The Bertz CT molecular complexity index is 1130. The van der Waals surface area contributed by atoms with Crippen molar-refractivity contribution in [2.75, 3.05) is 24.1 Å². The Balaban J connectivity index is 1.62. The topological polar surface area (TPSA) is 49.8 Å². The van der Waals surface area contributed by atoms with Crippen LogP contribution >= 0.6 is 11.6 Å². The predicted octanol–water partition coefficient (Wildman–Crippen LogP) is 5.97. The summed E-state index contributed by atoms with van der Waals surface area (Å²) in [6.07, 6.45) is 11.8. The molecule has 0 fully saturated rings. The predicted molar refractivity (Wildman–Crippen MR) is 131 cm³/mol. The molecule has 0 radical (unpaired) electrons. The third kappa shape index (κ3) is 4.52. The van der Waals surface area contributed by atoms with Gasteiger partial charge >= 0.3 is 0 Å². The van der Waals surface area contributed by atoms with Gasteiger partial charge in [0.2, 0.25) is 0 Å². The van der Waals surface area contributed by atoms with Gasteiger partial charge in [-0.1, -0.05) is 48.6 Å². The van der Waals surface area contributed by atoms with E-state index in [-0.39, 0.29) is 18.6 Å². The number of anilines is 1. The number of aliphatic hydroxyl groups is 1. The van der Waals surface area contributed by atoms with E-state index in [0.29, 0.717) is 12.4 Å². The molecule has 166 valence electrons. The average molecular weight is 450 g/mol. The molecule has 1 amide bonds. The van der Waals surface area contributed by atoms with Gasteiger partial charge in [-0.25, -0.2) is 0 Å². The highest BCUT2D eigenvalue weighted by molar-refractivity contribution is 6.19. The molecule has 0 unspecified atom stereocenters. The van der Waals surface area contributed by atoms with Crippen LogP contribution in [0, 0.1) is 0 Å². The molecular weight excluding hydrogens is 422 g/mol. The molecule has 4 rings (SSSR count). The van der Waals surface area contributed by atoms with Gasteiger partial charge in [0.05, 0.1) is 6.26 Å². The summed E-state index contributed by atoms with van der Waals surface area (Å²) >= 11 is 6.34. The molecule has 1 heterocycles. The molecule has 5 heteroatoms. The van der Waals surface area contributed by atoms with Crippen molar-refractivity contribution in [3.63, 3.8) is 0 Å². The van der Waals surface area contributed by atoms with Crippen LogP contribution in [0.5, 0.6) is 0 Å². The molecule has 32 heavy (non-hydrogen) atoms. The van der Waals surface area contributed by atoms with Gasteiger partial charge in [0, 0.05) is 29.6 Å². The van der Waals surface area contributed by atoms with Crippen molar-refractivity contribution >= 4 is 34.0 Å². The molecule has 2 aromatic rings. The highest BCUT2D eigenvalue weighted by Gasteiger charge is 2.34. The second-order valence-corrected chi connectivity index (χ2v) is 8.51. The van der Waals surface area contributed by atoms with Gasteiger partial charge in [0.15, 0.2) is 6.79 Å². The molecule has 0 aromatic heterocycles. The summed E-state index contributed by atoms with van der Waals surface area (Å²) < 4.78 is 4.79. The molecule has 1 aliphatic heterocycles. The SMILES string of the molecule is CC1=C(/C=C\C=C\OCO)CCCC(C(=O)N2C[C@@H](CCl)c3c2ccc2ccccc32)=C1. The highest BCUT2D eigenvalue weighted by Crippen LogP contribution is 2.42. The first-order valence-electron chi connectivity index (χ1n) is 11.0. The van der Waals surface area contributed by atoms with Crippen molar-refractivity contribution in [3.05, 3.63) is 89.2 Å². The number of allylic oxidation sites excluding steroid dienone is 6. The van der Waals surface area contributed by atoms with Crippen molar-refractivity contribution in [3.8, 4) is 0 Å². The van der Waals surface area contributed by atoms with E-state index in [9.17, 15) is 4.79 Å². The molecule has 0 saturated heterocycles. The maximum absolute atomic E-state index is 13.6. The number of benzene rings is 2. The number of alkyl halides is 1. The third-order valence-corrected chi connectivity index (χ3v) is 6.58. The average Bonchev–Trinajstić information content (AvgIpc) is 3.10. The fourth-order valence-corrected chi connectivity index (χ4v) is 4.89. The van der Waals surface area contributed by atoms with Gasteiger partial charge in [-0.2, -0.15) is 0 Å². The largest absolute Gasteiger partial charge is 0.475 e. The first-order chi connectivity index (χ1) is 15.6. The monoisotopic (exact) mass is 449 g/mol. The fourth-order valence-electron chi connectivity index (χ4n) is 4.64. The molecule has 2 aromatic carbocycles. The maximum Gasteiger partial charge on any atom is 0.254 e. The Morgan fingerprint density at radius 3 is 2.88 bits per heavy atom. The smallest absolute Gasteiger partial charge is 0.254 e. The van der Waals surface area contributed by atoms with Crippen LogP contribution in [0.25, 0.3) is 10.8 Å². The van der Waals surface area contributed by atoms with Gasteiger partial charge < -0.3 is 14.7 Å². The number of carbonyl (C=O) groups is 1.